The summed E-state index contributed by atoms with van der Waals surface area (Å²) >= 11 is 0. The minimum Gasteiger partial charge on any atom is -0.497 e. The fourth-order valence-corrected chi connectivity index (χ4v) is 19.6. The van der Waals surface area contributed by atoms with Crippen LogP contribution < -0.4 is 62.7 Å². The van der Waals surface area contributed by atoms with Gasteiger partial charge in [-0.3, -0.25) is 0 Å². The lowest BCUT2D eigenvalue weighted by molar-refractivity contribution is 0.301. The van der Waals surface area contributed by atoms with Crippen LogP contribution in [0.5, 0.6) is 23.0 Å². The van der Waals surface area contributed by atoms with Crippen LogP contribution in [0, 0.1) is 46.9 Å². The van der Waals surface area contributed by atoms with Crippen molar-refractivity contribution in [2.75, 3.05) is 98.8 Å². The Balaban J connectivity index is 0.000000144. The molecule has 1 atom stereocenters. The van der Waals surface area contributed by atoms with Crippen molar-refractivity contribution >= 4 is 16.9 Å². The second-order valence-corrected chi connectivity index (χ2v) is 35.3. The average Bonchev–Trinajstić information content (AvgIpc) is 0.833. The van der Waals surface area contributed by atoms with Crippen LogP contribution in [-0.2, 0) is 0 Å². The third kappa shape index (κ3) is 31.9. The Hall–Kier alpha value is -12.7. The first-order valence-electron chi connectivity index (χ1n) is 48.6. The van der Waals surface area contributed by atoms with Gasteiger partial charge in [0.1, 0.15) is 46.3 Å². The summed E-state index contributed by atoms with van der Waals surface area (Å²) < 4.78 is 75.6. The van der Waals surface area contributed by atoms with Crippen molar-refractivity contribution in [2.24, 2.45) is 46.6 Å². The summed E-state index contributed by atoms with van der Waals surface area (Å²) in [5.41, 5.74) is 40.8. The number of halogens is 4. The highest BCUT2D eigenvalue weighted by Gasteiger charge is 2.32. The normalized spacial score (nSPS) is 15.2. The molecule has 14 aromatic rings. The van der Waals surface area contributed by atoms with Crippen LogP contribution in [-0.4, -0.2) is 99.9 Å². The lowest BCUT2D eigenvalue weighted by Crippen LogP contribution is -2.33. The van der Waals surface area contributed by atoms with Gasteiger partial charge < -0.3 is 62.7 Å². The maximum Gasteiger partial charge on any atom is 0.123 e. The molecule has 0 radical (unpaired) electrons. The number of piperidine rings is 3. The van der Waals surface area contributed by atoms with Crippen LogP contribution in [0.4, 0.5) is 28.9 Å². The Morgan fingerprint density at radius 3 is 0.942 bits per heavy atom. The molecule has 1 unspecified atom stereocenters. The predicted octanol–water partition coefficient (Wildman–Crippen LogP) is 25.4. The van der Waals surface area contributed by atoms with Crippen molar-refractivity contribution in [2.45, 2.75) is 106 Å². The molecule has 18 rings (SSSR count). The second-order valence-electron chi connectivity index (χ2n) is 35.3. The van der Waals surface area contributed by atoms with E-state index in [-0.39, 0.29) is 41.0 Å². The number of rotatable bonds is 27. The molecular formula is C121H138F4N8O4. The number of hydrogen-bond donors (Lipinski definition) is 7. The fraction of sp³-hybridized carbons (Fsp3) is 0.289. The topological polar surface area (TPSA) is 180 Å². The van der Waals surface area contributed by atoms with E-state index in [9.17, 15) is 17.6 Å². The zero-order valence-electron chi connectivity index (χ0n) is 79.9. The molecule has 0 aromatic heterocycles. The average molecular weight is 1840 g/mol. The minimum atomic E-state index is -0.238. The largest absolute Gasteiger partial charge is 0.497 e. The first kappa shape index (κ1) is 103. The molecule has 16 heteroatoms. The van der Waals surface area contributed by atoms with Crippen molar-refractivity contribution in [3.8, 4) is 23.0 Å². The summed E-state index contributed by atoms with van der Waals surface area (Å²) in [6.45, 7) is 8.73. The van der Waals surface area contributed by atoms with Crippen LogP contribution in [0.1, 0.15) is 167 Å². The van der Waals surface area contributed by atoms with Gasteiger partial charge in [-0.2, -0.15) is 0 Å². The third-order valence-corrected chi connectivity index (χ3v) is 26.3. The molecule has 0 bridgehead atoms. The molecule has 137 heavy (non-hydrogen) atoms. The number of nitrogens with zero attached hydrogens (tertiary/aromatic N) is 1. The van der Waals surface area contributed by atoms with Crippen molar-refractivity contribution in [1.29, 1.82) is 0 Å². The number of nitrogens with one attached hydrogen (secondary N) is 3. The number of anilines is 2. The molecular weight excluding hydrogens is 1710 g/mol. The maximum atomic E-state index is 13.6. The van der Waals surface area contributed by atoms with Crippen molar-refractivity contribution in [1.82, 2.24) is 16.0 Å². The van der Waals surface area contributed by atoms with E-state index in [1.54, 1.807) is 77.0 Å². The van der Waals surface area contributed by atoms with Crippen molar-refractivity contribution < 1.29 is 36.5 Å². The van der Waals surface area contributed by atoms with Gasteiger partial charge in [-0.25, -0.2) is 17.6 Å². The summed E-state index contributed by atoms with van der Waals surface area (Å²) in [5, 5.41) is 10.2. The Morgan fingerprint density at radius 1 is 0.314 bits per heavy atom. The van der Waals surface area contributed by atoms with Gasteiger partial charge in [-0.1, -0.05) is 261 Å². The highest BCUT2D eigenvalue weighted by Crippen LogP contribution is 2.44. The number of nitrogens with two attached hydrogens (primary N) is 4. The molecule has 714 valence electrons. The van der Waals surface area contributed by atoms with Crippen molar-refractivity contribution in [3.05, 3.63) is 472 Å². The van der Waals surface area contributed by atoms with E-state index >= 15 is 0 Å². The fourth-order valence-electron chi connectivity index (χ4n) is 19.6. The van der Waals surface area contributed by atoms with Gasteiger partial charge in [0, 0.05) is 66.6 Å². The standard InChI is InChI=1S/C19H23N.2C18H19F2N.C18H21N.C17H21NO2.C17H19NO2.C14H16N2/c20-18-13-11-17(12-14-18)19(15-7-3-1-4-8-15)16-9-5-2-6-10-16;19-16-7-1-4-13(10-16)18(15-6-3-9-21-12-15)14-5-2-8-17(20)11-14;19-16-5-1-3-14(11-16)18(13-7-9-21-10-8-13)15-4-2-6-17(20)12-15;1-3-7-15(8-4-1)18(16-9-5-2-6-10-16)17-11-13-19-14-12-17;2*1-19-15-7-3-5-13(11-15)17(9-10-18)14-6-4-8-16(12-14)20-2;15-11-12-16(13-7-3-1-4-8-13)14-9-5-2-6-10-14/h1-10,17-19H,11-14,20H2;1-2,4-5,7-8,10-11,15,18,21H,3,6,9,12H2;1-6,11-13,18,21H,7-10H2;1-10,17-19H,11-14H2;3-8,11-12,17H,9-10,18H2,1-2H3;3-9,11-12H,10,18H2,1-2H3;1-10H,11-12,15H2. The highest BCUT2D eigenvalue weighted by atomic mass is 19.1. The quantitative estimate of drug-likeness (QED) is 0.0243. The second kappa shape index (κ2) is 56.7. The van der Waals surface area contributed by atoms with Gasteiger partial charge >= 0.3 is 0 Å². The molecule has 0 spiro atoms. The minimum absolute atomic E-state index is 0.0317. The lowest BCUT2D eigenvalue weighted by Gasteiger charge is -2.33. The van der Waals surface area contributed by atoms with E-state index in [0.717, 1.165) is 152 Å². The molecule has 11 N–H and O–H groups in total. The summed E-state index contributed by atoms with van der Waals surface area (Å²) in [7, 11) is 6.69. The van der Waals surface area contributed by atoms with E-state index in [1.165, 1.54) is 108 Å². The lowest BCUT2D eigenvalue weighted by atomic mass is 9.73. The Kier molecular flexibility index (Phi) is 42.7. The van der Waals surface area contributed by atoms with Crippen LogP contribution in [0.2, 0.25) is 0 Å². The van der Waals surface area contributed by atoms with Crippen LogP contribution in [0.3, 0.4) is 0 Å². The zero-order valence-corrected chi connectivity index (χ0v) is 79.9. The maximum absolute atomic E-state index is 13.6. The van der Waals surface area contributed by atoms with Gasteiger partial charge in [-0.05, 0) is 334 Å². The van der Waals surface area contributed by atoms with Crippen LogP contribution >= 0.6 is 0 Å². The molecule has 4 aliphatic rings. The van der Waals surface area contributed by atoms with Crippen LogP contribution in [0.15, 0.2) is 382 Å². The van der Waals surface area contributed by atoms with Gasteiger partial charge in [0.25, 0.3) is 0 Å². The van der Waals surface area contributed by atoms with Crippen LogP contribution in [0.25, 0.3) is 5.57 Å². The molecule has 0 amide bonds. The van der Waals surface area contributed by atoms with Crippen molar-refractivity contribution in [3.63, 3.8) is 0 Å². The Labute approximate surface area is 811 Å². The molecule has 3 aliphatic heterocycles. The number of benzene rings is 14. The van der Waals surface area contributed by atoms with Gasteiger partial charge in [0.05, 0.1) is 28.4 Å². The molecule has 4 fully saturated rings. The number of ether oxygens (including phenoxy) is 4. The highest BCUT2D eigenvalue weighted by molar-refractivity contribution is 5.81. The van der Waals surface area contributed by atoms with Gasteiger partial charge in [-0.15, -0.1) is 0 Å². The number of para-hydroxylation sites is 2. The summed E-state index contributed by atoms with van der Waals surface area (Å²) in [4.78, 5) is 2.22. The zero-order chi connectivity index (χ0) is 96.0. The predicted molar refractivity (Wildman–Crippen MR) is 558 cm³/mol. The van der Waals surface area contributed by atoms with E-state index in [1.807, 2.05) is 140 Å². The first-order valence-corrected chi connectivity index (χ1v) is 48.6. The van der Waals surface area contributed by atoms with Gasteiger partial charge in [0.2, 0.25) is 0 Å². The summed E-state index contributed by atoms with van der Waals surface area (Å²) in [6.07, 6.45) is 14.5. The van der Waals surface area contributed by atoms with E-state index in [2.05, 4.69) is 191 Å². The summed E-state index contributed by atoms with van der Waals surface area (Å²) in [6, 6.07) is 124. The molecule has 3 heterocycles. The molecule has 14 aromatic carbocycles. The molecule has 1 aliphatic carbocycles. The van der Waals surface area contributed by atoms with E-state index in [0.29, 0.717) is 49.3 Å². The first-order chi connectivity index (χ1) is 67.2. The molecule has 3 saturated heterocycles. The Bertz CT molecular complexity index is 5370. The van der Waals surface area contributed by atoms with Gasteiger partial charge in [0.15, 0.2) is 0 Å². The molecule has 1 saturated carbocycles. The number of methoxy groups -OCH3 is 4. The SMILES string of the molecule is COc1cccc(C(=CCN)c2cccc(OC)c2)c1.COc1cccc(C(CCN)c2cccc(OC)c2)c1.Fc1cccc(C(c2cccc(F)c2)C2CCCNC2)c1.Fc1cccc(C(c2cccc(F)c2)C2CCNCC2)c1.NC1CCC(C(c2ccccc2)c2ccccc2)CC1.NCCN(c1ccccc1)c1ccccc1.c1ccc(C(c2ccccc2)C2CCNCC2)cc1. The Morgan fingerprint density at radius 2 is 0.620 bits per heavy atom. The molecule has 12 nitrogen and oxygen atoms in total. The van der Waals surface area contributed by atoms with E-state index in [4.69, 9.17) is 41.9 Å². The summed E-state index contributed by atoms with van der Waals surface area (Å²) in [5.74, 6) is 6.10. The smallest absolute Gasteiger partial charge is 0.123 e. The van der Waals surface area contributed by atoms with E-state index < -0.39 is 0 Å². The monoisotopic (exact) mass is 1840 g/mol. The number of hydrogen-bond acceptors (Lipinski definition) is 12. The third-order valence-electron chi connectivity index (χ3n) is 26.3.